The van der Waals surface area contributed by atoms with Crippen molar-refractivity contribution >= 4 is 11.6 Å². The second-order valence-electron chi connectivity index (χ2n) is 5.63. The Morgan fingerprint density at radius 2 is 1.71 bits per heavy atom. The molecule has 1 unspecified atom stereocenters. The number of benzene rings is 2. The van der Waals surface area contributed by atoms with Crippen LogP contribution in [0.5, 0.6) is 0 Å². The van der Waals surface area contributed by atoms with E-state index in [-0.39, 0.29) is 0 Å². The van der Waals surface area contributed by atoms with Gasteiger partial charge in [-0.15, -0.1) is 0 Å². The van der Waals surface area contributed by atoms with Crippen LogP contribution in [0.3, 0.4) is 0 Å². The summed E-state index contributed by atoms with van der Waals surface area (Å²) in [5.41, 5.74) is 4.19. The van der Waals surface area contributed by atoms with Crippen LogP contribution in [0.4, 0.5) is 0 Å². The molecular weight excluding hydrogens is 278 g/mol. The molecule has 0 saturated carbocycles. The SMILES string of the molecule is CCNCC(Cc1ccc(Cl)cc1)Cc1ccccc1C. The van der Waals surface area contributed by atoms with E-state index in [4.69, 9.17) is 11.6 Å². The highest BCUT2D eigenvalue weighted by Gasteiger charge is 2.11. The molecule has 0 fully saturated rings. The summed E-state index contributed by atoms with van der Waals surface area (Å²) in [4.78, 5) is 0. The van der Waals surface area contributed by atoms with Gasteiger partial charge in [0.05, 0.1) is 0 Å². The maximum absolute atomic E-state index is 5.97. The molecule has 1 nitrogen and oxygen atoms in total. The van der Waals surface area contributed by atoms with Gasteiger partial charge in [0.25, 0.3) is 0 Å². The van der Waals surface area contributed by atoms with Crippen molar-refractivity contribution in [3.05, 3.63) is 70.2 Å². The molecule has 0 aliphatic carbocycles. The molecule has 2 aromatic rings. The molecule has 0 amide bonds. The normalized spacial score (nSPS) is 12.3. The first-order valence-electron chi connectivity index (χ1n) is 7.68. The van der Waals surface area contributed by atoms with Gasteiger partial charge in [0.2, 0.25) is 0 Å². The second-order valence-corrected chi connectivity index (χ2v) is 6.07. The molecule has 1 atom stereocenters. The molecule has 0 bridgehead atoms. The summed E-state index contributed by atoms with van der Waals surface area (Å²) in [6, 6.07) is 16.9. The summed E-state index contributed by atoms with van der Waals surface area (Å²) >= 11 is 5.97. The zero-order chi connectivity index (χ0) is 15.1. The fourth-order valence-corrected chi connectivity index (χ4v) is 2.79. The molecule has 0 saturated heterocycles. The van der Waals surface area contributed by atoms with E-state index in [1.54, 1.807) is 0 Å². The van der Waals surface area contributed by atoms with E-state index in [0.717, 1.165) is 31.0 Å². The van der Waals surface area contributed by atoms with E-state index in [0.29, 0.717) is 5.92 Å². The molecular formula is C19H24ClN. The van der Waals surface area contributed by atoms with Crippen molar-refractivity contribution in [3.63, 3.8) is 0 Å². The molecule has 0 aliphatic heterocycles. The Labute approximate surface area is 133 Å². The van der Waals surface area contributed by atoms with Gasteiger partial charge in [-0.05, 0) is 67.6 Å². The van der Waals surface area contributed by atoms with Crippen molar-refractivity contribution in [3.8, 4) is 0 Å². The monoisotopic (exact) mass is 301 g/mol. The van der Waals surface area contributed by atoms with Gasteiger partial charge in [0, 0.05) is 5.02 Å². The predicted octanol–water partition coefficient (Wildman–Crippen LogP) is 4.66. The Bertz CT molecular complexity index is 548. The van der Waals surface area contributed by atoms with Crippen LogP contribution in [0, 0.1) is 12.8 Å². The lowest BCUT2D eigenvalue weighted by Crippen LogP contribution is -2.25. The number of nitrogens with one attached hydrogen (secondary N) is 1. The van der Waals surface area contributed by atoms with Gasteiger partial charge >= 0.3 is 0 Å². The molecule has 2 rings (SSSR count). The maximum Gasteiger partial charge on any atom is 0.0406 e. The summed E-state index contributed by atoms with van der Waals surface area (Å²) < 4.78 is 0. The van der Waals surface area contributed by atoms with Gasteiger partial charge in [0.1, 0.15) is 0 Å². The third-order valence-electron chi connectivity index (χ3n) is 3.89. The smallest absolute Gasteiger partial charge is 0.0406 e. The number of aryl methyl sites for hydroxylation is 1. The standard InChI is InChI=1S/C19H24ClN/c1-3-21-14-17(12-16-8-10-19(20)11-9-16)13-18-7-5-4-6-15(18)2/h4-11,17,21H,3,12-14H2,1-2H3. The molecule has 1 N–H and O–H groups in total. The van der Waals surface area contributed by atoms with Crippen LogP contribution in [-0.2, 0) is 12.8 Å². The Kier molecular flexibility index (Phi) is 6.28. The Hall–Kier alpha value is -1.31. The third-order valence-corrected chi connectivity index (χ3v) is 4.14. The van der Waals surface area contributed by atoms with Crippen LogP contribution in [-0.4, -0.2) is 13.1 Å². The molecule has 2 aromatic carbocycles. The highest BCUT2D eigenvalue weighted by atomic mass is 35.5. The quantitative estimate of drug-likeness (QED) is 0.784. The van der Waals surface area contributed by atoms with Gasteiger partial charge in [-0.2, -0.15) is 0 Å². The van der Waals surface area contributed by atoms with Crippen molar-refractivity contribution in [2.75, 3.05) is 13.1 Å². The summed E-state index contributed by atoms with van der Waals surface area (Å²) in [6.45, 7) is 6.42. The van der Waals surface area contributed by atoms with E-state index in [2.05, 4.69) is 55.6 Å². The minimum Gasteiger partial charge on any atom is -0.317 e. The lowest BCUT2D eigenvalue weighted by Gasteiger charge is -2.19. The Morgan fingerprint density at radius 1 is 1.00 bits per heavy atom. The van der Waals surface area contributed by atoms with Crippen molar-refractivity contribution in [1.29, 1.82) is 0 Å². The molecule has 2 heteroatoms. The van der Waals surface area contributed by atoms with E-state index in [1.807, 2.05) is 12.1 Å². The molecule has 0 aromatic heterocycles. The van der Waals surface area contributed by atoms with Crippen LogP contribution < -0.4 is 5.32 Å². The molecule has 0 spiro atoms. The fourth-order valence-electron chi connectivity index (χ4n) is 2.67. The third kappa shape index (κ3) is 5.18. The topological polar surface area (TPSA) is 12.0 Å². The lowest BCUT2D eigenvalue weighted by molar-refractivity contribution is 0.477. The maximum atomic E-state index is 5.97. The van der Waals surface area contributed by atoms with E-state index in [1.165, 1.54) is 16.7 Å². The summed E-state index contributed by atoms with van der Waals surface area (Å²) in [5, 5.41) is 4.30. The Morgan fingerprint density at radius 3 is 2.38 bits per heavy atom. The van der Waals surface area contributed by atoms with Gasteiger partial charge in [-0.25, -0.2) is 0 Å². The van der Waals surface area contributed by atoms with Crippen LogP contribution in [0.15, 0.2) is 48.5 Å². The number of rotatable bonds is 7. The largest absolute Gasteiger partial charge is 0.317 e. The van der Waals surface area contributed by atoms with Crippen molar-refractivity contribution in [2.24, 2.45) is 5.92 Å². The minimum atomic E-state index is 0.604. The summed E-state index contributed by atoms with van der Waals surface area (Å²) in [7, 11) is 0. The first-order chi connectivity index (χ1) is 10.2. The van der Waals surface area contributed by atoms with Crippen molar-refractivity contribution in [2.45, 2.75) is 26.7 Å². The number of hydrogen-bond donors (Lipinski definition) is 1. The van der Waals surface area contributed by atoms with Gasteiger partial charge < -0.3 is 5.32 Å². The molecule has 112 valence electrons. The molecule has 21 heavy (non-hydrogen) atoms. The van der Waals surface area contributed by atoms with Crippen LogP contribution in [0.25, 0.3) is 0 Å². The highest BCUT2D eigenvalue weighted by Crippen LogP contribution is 2.18. The van der Waals surface area contributed by atoms with Crippen LogP contribution in [0.1, 0.15) is 23.6 Å². The number of halogens is 1. The number of hydrogen-bond acceptors (Lipinski definition) is 1. The highest BCUT2D eigenvalue weighted by molar-refractivity contribution is 6.30. The average Bonchev–Trinajstić information content (AvgIpc) is 2.49. The second kappa shape index (κ2) is 8.21. The zero-order valence-corrected chi connectivity index (χ0v) is 13.7. The summed E-state index contributed by atoms with van der Waals surface area (Å²) in [6.07, 6.45) is 2.20. The Balaban J connectivity index is 2.07. The van der Waals surface area contributed by atoms with Crippen LogP contribution in [0.2, 0.25) is 5.02 Å². The van der Waals surface area contributed by atoms with Gasteiger partial charge in [0.15, 0.2) is 0 Å². The van der Waals surface area contributed by atoms with Crippen molar-refractivity contribution in [1.82, 2.24) is 5.32 Å². The molecule has 0 aliphatic rings. The molecule has 0 radical (unpaired) electrons. The van der Waals surface area contributed by atoms with E-state index >= 15 is 0 Å². The first-order valence-corrected chi connectivity index (χ1v) is 8.06. The minimum absolute atomic E-state index is 0.604. The van der Waals surface area contributed by atoms with E-state index < -0.39 is 0 Å². The van der Waals surface area contributed by atoms with E-state index in [9.17, 15) is 0 Å². The van der Waals surface area contributed by atoms with Crippen molar-refractivity contribution < 1.29 is 0 Å². The first kappa shape index (κ1) is 16.1. The average molecular weight is 302 g/mol. The molecule has 0 heterocycles. The lowest BCUT2D eigenvalue weighted by atomic mass is 9.90. The van der Waals surface area contributed by atoms with Gasteiger partial charge in [-0.1, -0.05) is 54.9 Å². The summed E-state index contributed by atoms with van der Waals surface area (Å²) in [5.74, 6) is 0.604. The zero-order valence-electron chi connectivity index (χ0n) is 12.9. The van der Waals surface area contributed by atoms with Gasteiger partial charge in [-0.3, -0.25) is 0 Å². The van der Waals surface area contributed by atoms with Crippen LogP contribution >= 0.6 is 11.6 Å². The predicted molar refractivity (Wildman–Crippen MR) is 92.1 cm³/mol. The fraction of sp³-hybridized carbons (Fsp3) is 0.368.